The molecule has 7 heteroatoms. The van der Waals surface area contributed by atoms with E-state index in [9.17, 15) is 14.0 Å². The van der Waals surface area contributed by atoms with Crippen LogP contribution >= 0.6 is 11.3 Å². The number of carbonyl (C=O) groups is 2. The number of amides is 2. The van der Waals surface area contributed by atoms with Crippen molar-refractivity contribution < 1.29 is 18.4 Å². The third-order valence-corrected chi connectivity index (χ3v) is 6.51. The number of nitrogens with one attached hydrogen (secondary N) is 1. The molecule has 1 atom stereocenters. The molecule has 2 aromatic heterocycles. The van der Waals surface area contributed by atoms with Crippen molar-refractivity contribution in [1.82, 2.24) is 10.2 Å². The van der Waals surface area contributed by atoms with Crippen LogP contribution in [0.3, 0.4) is 0 Å². The normalized spacial score (nSPS) is 15.4. The Labute approximate surface area is 184 Å². The van der Waals surface area contributed by atoms with Gasteiger partial charge in [0.05, 0.1) is 6.26 Å². The molecule has 0 spiro atoms. The van der Waals surface area contributed by atoms with Crippen LogP contribution in [0.2, 0.25) is 0 Å². The second-order valence-corrected chi connectivity index (χ2v) is 8.78. The van der Waals surface area contributed by atoms with Gasteiger partial charge in [-0.15, -0.1) is 11.3 Å². The molecule has 3 aromatic rings. The van der Waals surface area contributed by atoms with Crippen LogP contribution in [0.4, 0.5) is 4.39 Å². The molecule has 1 fully saturated rings. The Balaban J connectivity index is 1.67. The molecule has 1 aliphatic rings. The molecule has 1 aliphatic carbocycles. The quantitative estimate of drug-likeness (QED) is 0.541. The van der Waals surface area contributed by atoms with Crippen LogP contribution in [-0.4, -0.2) is 22.8 Å². The zero-order chi connectivity index (χ0) is 21.6. The maximum atomic E-state index is 13.5. The van der Waals surface area contributed by atoms with Gasteiger partial charge in [0, 0.05) is 17.5 Å². The first-order valence-electron chi connectivity index (χ1n) is 10.5. The Hall–Kier alpha value is -2.93. The maximum absolute atomic E-state index is 13.5. The first-order chi connectivity index (χ1) is 15.1. The van der Waals surface area contributed by atoms with E-state index in [0.717, 1.165) is 36.1 Å². The average molecular weight is 441 g/mol. The van der Waals surface area contributed by atoms with Crippen molar-refractivity contribution in [3.05, 3.63) is 82.2 Å². The zero-order valence-electron chi connectivity index (χ0n) is 17.1. The molecule has 162 valence electrons. The number of hydrogen-bond acceptors (Lipinski definition) is 4. The first kappa shape index (κ1) is 21.3. The Morgan fingerprint density at radius 2 is 1.87 bits per heavy atom. The largest absolute Gasteiger partial charge is 0.459 e. The van der Waals surface area contributed by atoms with Crippen molar-refractivity contribution in [3.8, 4) is 0 Å². The fourth-order valence-corrected chi connectivity index (χ4v) is 4.84. The van der Waals surface area contributed by atoms with Crippen LogP contribution in [0.25, 0.3) is 0 Å². The number of furan rings is 1. The highest BCUT2D eigenvalue weighted by molar-refractivity contribution is 7.10. The summed E-state index contributed by atoms with van der Waals surface area (Å²) in [4.78, 5) is 29.2. The van der Waals surface area contributed by atoms with Gasteiger partial charge in [-0.05, 0) is 54.1 Å². The molecule has 2 amide bonds. The van der Waals surface area contributed by atoms with Crippen LogP contribution in [0.5, 0.6) is 0 Å². The third kappa shape index (κ3) is 5.22. The lowest BCUT2D eigenvalue weighted by Crippen LogP contribution is -2.46. The fourth-order valence-electron chi connectivity index (χ4n) is 4.01. The number of halogens is 1. The zero-order valence-corrected chi connectivity index (χ0v) is 17.9. The summed E-state index contributed by atoms with van der Waals surface area (Å²) in [6, 6.07) is 12.2. The van der Waals surface area contributed by atoms with Gasteiger partial charge in [-0.3, -0.25) is 9.59 Å². The smallest absolute Gasteiger partial charge is 0.290 e. The number of benzene rings is 1. The minimum Gasteiger partial charge on any atom is -0.459 e. The molecule has 0 aliphatic heterocycles. The van der Waals surface area contributed by atoms with Crippen molar-refractivity contribution in [2.24, 2.45) is 0 Å². The van der Waals surface area contributed by atoms with Gasteiger partial charge >= 0.3 is 0 Å². The molecule has 0 saturated heterocycles. The Bertz CT molecular complexity index is 981. The standard InChI is InChI=1S/C24H25FN2O3S/c25-18-12-10-17(11-13-18)16-27(24(29)20-8-4-14-30-20)22(21-9-5-15-31-21)23(28)26-19-6-2-1-3-7-19/h4-5,8-15,19,22H,1-3,6-7,16H2,(H,26,28)/t22-/m1/s1. The number of rotatable bonds is 7. The van der Waals surface area contributed by atoms with Crippen LogP contribution in [0.1, 0.15) is 59.1 Å². The van der Waals surface area contributed by atoms with E-state index in [-0.39, 0.29) is 36.0 Å². The number of carbonyl (C=O) groups excluding carboxylic acids is 2. The molecule has 0 unspecified atom stereocenters. The summed E-state index contributed by atoms with van der Waals surface area (Å²) in [5, 5.41) is 5.06. The fraction of sp³-hybridized carbons (Fsp3) is 0.333. The lowest BCUT2D eigenvalue weighted by molar-refractivity contribution is -0.127. The van der Waals surface area contributed by atoms with Crippen LogP contribution in [-0.2, 0) is 11.3 Å². The third-order valence-electron chi connectivity index (χ3n) is 5.58. The molecule has 1 aromatic carbocycles. The van der Waals surface area contributed by atoms with Gasteiger partial charge in [-0.1, -0.05) is 37.5 Å². The second-order valence-electron chi connectivity index (χ2n) is 7.80. The summed E-state index contributed by atoms with van der Waals surface area (Å²) >= 11 is 1.43. The Kier molecular flexibility index (Phi) is 6.82. The molecule has 1 N–H and O–H groups in total. The summed E-state index contributed by atoms with van der Waals surface area (Å²) in [6.45, 7) is 0.153. The number of hydrogen-bond donors (Lipinski definition) is 1. The lowest BCUT2D eigenvalue weighted by atomic mass is 9.95. The predicted molar refractivity (Wildman–Crippen MR) is 117 cm³/mol. The van der Waals surface area contributed by atoms with Gasteiger partial charge in [-0.25, -0.2) is 4.39 Å². The van der Waals surface area contributed by atoms with Crippen molar-refractivity contribution in [2.45, 2.75) is 50.7 Å². The van der Waals surface area contributed by atoms with Gasteiger partial charge < -0.3 is 14.6 Å². The highest BCUT2D eigenvalue weighted by atomic mass is 32.1. The second kappa shape index (κ2) is 9.92. The SMILES string of the molecule is O=C(NC1CCCCC1)[C@@H](c1cccs1)N(Cc1ccc(F)cc1)C(=O)c1ccco1. The lowest BCUT2D eigenvalue weighted by Gasteiger charge is -2.32. The van der Waals surface area contributed by atoms with Crippen molar-refractivity contribution in [2.75, 3.05) is 0 Å². The Morgan fingerprint density at radius 3 is 2.52 bits per heavy atom. The number of nitrogens with zero attached hydrogens (tertiary/aromatic N) is 1. The molecule has 2 heterocycles. The van der Waals surface area contributed by atoms with Crippen LogP contribution in [0, 0.1) is 5.82 Å². The first-order valence-corrected chi connectivity index (χ1v) is 11.4. The number of thiophene rings is 1. The van der Waals surface area contributed by atoms with Crippen molar-refractivity contribution in [1.29, 1.82) is 0 Å². The topological polar surface area (TPSA) is 62.6 Å². The van der Waals surface area contributed by atoms with Crippen LogP contribution in [0.15, 0.2) is 64.6 Å². The van der Waals surface area contributed by atoms with Gasteiger partial charge in [0.15, 0.2) is 5.76 Å². The molecule has 0 bridgehead atoms. The van der Waals surface area contributed by atoms with Crippen LogP contribution < -0.4 is 5.32 Å². The summed E-state index contributed by atoms with van der Waals surface area (Å²) in [7, 11) is 0. The average Bonchev–Trinajstić information content (AvgIpc) is 3.50. The van der Waals surface area contributed by atoms with E-state index in [4.69, 9.17) is 4.42 Å². The summed E-state index contributed by atoms with van der Waals surface area (Å²) < 4.78 is 18.8. The maximum Gasteiger partial charge on any atom is 0.290 e. The molecule has 0 radical (unpaired) electrons. The van der Waals surface area contributed by atoms with E-state index >= 15 is 0 Å². The minimum atomic E-state index is -0.801. The van der Waals surface area contributed by atoms with E-state index in [0.29, 0.717) is 0 Å². The van der Waals surface area contributed by atoms with Crippen molar-refractivity contribution >= 4 is 23.2 Å². The molecular formula is C24H25FN2O3S. The molecule has 1 saturated carbocycles. The Morgan fingerprint density at radius 1 is 1.10 bits per heavy atom. The summed E-state index contributed by atoms with van der Waals surface area (Å²) in [6.07, 6.45) is 6.72. The van der Waals surface area contributed by atoms with Gasteiger partial charge in [0.1, 0.15) is 11.9 Å². The predicted octanol–water partition coefficient (Wildman–Crippen LogP) is 5.31. The van der Waals surface area contributed by atoms with E-state index in [1.165, 1.54) is 41.1 Å². The van der Waals surface area contributed by atoms with Gasteiger partial charge in [-0.2, -0.15) is 0 Å². The van der Waals surface area contributed by atoms with Crippen molar-refractivity contribution in [3.63, 3.8) is 0 Å². The van der Waals surface area contributed by atoms with E-state index in [2.05, 4.69) is 5.32 Å². The summed E-state index contributed by atoms with van der Waals surface area (Å²) in [5.74, 6) is -0.769. The highest BCUT2D eigenvalue weighted by Gasteiger charge is 2.35. The monoisotopic (exact) mass is 440 g/mol. The molecule has 31 heavy (non-hydrogen) atoms. The van der Waals surface area contributed by atoms with E-state index < -0.39 is 6.04 Å². The molecule has 5 nitrogen and oxygen atoms in total. The van der Waals surface area contributed by atoms with Gasteiger partial charge in [0.2, 0.25) is 5.91 Å². The summed E-state index contributed by atoms with van der Waals surface area (Å²) in [5.41, 5.74) is 0.730. The van der Waals surface area contributed by atoms with E-state index in [1.54, 1.807) is 24.3 Å². The molecular weight excluding hydrogens is 415 g/mol. The molecule has 4 rings (SSSR count). The minimum absolute atomic E-state index is 0.120. The van der Waals surface area contributed by atoms with E-state index in [1.807, 2.05) is 17.5 Å². The van der Waals surface area contributed by atoms with Gasteiger partial charge in [0.25, 0.3) is 5.91 Å². The highest BCUT2D eigenvalue weighted by Crippen LogP contribution is 2.30.